The number of nitrogens with one attached hydrogen (secondary N) is 4. The number of alkyl carbamates (subject to hydrolysis) is 1. The standard InChI is InChI=1S/C14H19N7O6S/c1-15-12(24)20-9-6-10(18-4-17-9)21(13(28)19-6)11-8(27-14(25)16-2)7(23)5(3-22)26-11/h4-5,7-8,11,22-23H,3H2,1-2H3,(H,16,25)(H,19,28)(H2,15,17,18,20,24)/t5-,7-,8-,11-/m1/s1. The number of aromatic nitrogens is 4. The molecule has 1 aliphatic heterocycles. The maximum absolute atomic E-state index is 11.7. The molecule has 0 unspecified atom stereocenters. The molecule has 0 bridgehead atoms. The maximum atomic E-state index is 11.7. The van der Waals surface area contributed by atoms with Gasteiger partial charge in [-0.05, 0) is 12.2 Å². The summed E-state index contributed by atoms with van der Waals surface area (Å²) in [6.45, 7) is -0.501. The van der Waals surface area contributed by atoms with Crippen LogP contribution in [0, 0.1) is 4.77 Å². The van der Waals surface area contributed by atoms with E-state index in [1.807, 2.05) is 0 Å². The molecule has 1 saturated heterocycles. The van der Waals surface area contributed by atoms with Crippen molar-refractivity contribution in [3.63, 3.8) is 0 Å². The molecule has 0 spiro atoms. The Kier molecular flexibility index (Phi) is 5.73. The van der Waals surface area contributed by atoms with E-state index in [1.54, 1.807) is 0 Å². The quantitative estimate of drug-likeness (QED) is 0.351. The molecule has 1 aliphatic rings. The van der Waals surface area contributed by atoms with Crippen LogP contribution in [0.15, 0.2) is 6.33 Å². The molecule has 14 heteroatoms. The van der Waals surface area contributed by atoms with Gasteiger partial charge in [0.1, 0.15) is 24.1 Å². The molecular weight excluding hydrogens is 394 g/mol. The van der Waals surface area contributed by atoms with Crippen molar-refractivity contribution in [3.05, 3.63) is 11.1 Å². The van der Waals surface area contributed by atoms with Gasteiger partial charge in [0.25, 0.3) is 0 Å². The number of ether oxygens (including phenoxy) is 2. The summed E-state index contributed by atoms with van der Waals surface area (Å²) in [7, 11) is 2.81. The number of imidazole rings is 1. The Bertz CT molecular complexity index is 946. The van der Waals surface area contributed by atoms with Crippen LogP contribution in [-0.4, -0.2) is 80.9 Å². The number of nitrogens with zero attached hydrogens (tertiary/aromatic N) is 3. The first-order valence-corrected chi connectivity index (χ1v) is 8.58. The highest BCUT2D eigenvalue weighted by Crippen LogP contribution is 2.34. The van der Waals surface area contributed by atoms with Crippen LogP contribution in [-0.2, 0) is 9.47 Å². The summed E-state index contributed by atoms with van der Waals surface area (Å²) in [5.41, 5.74) is 0.549. The third-order valence-electron chi connectivity index (χ3n) is 4.16. The van der Waals surface area contributed by atoms with Crippen LogP contribution in [0.2, 0.25) is 0 Å². The number of urea groups is 1. The zero-order chi connectivity index (χ0) is 20.4. The number of fused-ring (bicyclic) bond motifs is 1. The number of rotatable bonds is 4. The summed E-state index contributed by atoms with van der Waals surface area (Å²) in [6, 6.07) is -0.499. The van der Waals surface area contributed by atoms with E-state index >= 15 is 0 Å². The first-order chi connectivity index (χ1) is 13.4. The van der Waals surface area contributed by atoms with Gasteiger partial charge in [0.2, 0.25) is 0 Å². The SMILES string of the molecule is CNC(=O)Nc1ncnc2c1[nH]c(=S)n2[C@@H]1O[C@H](CO)[C@@H](O)[C@H]1OC(=O)NC. The van der Waals surface area contributed by atoms with Crippen molar-refractivity contribution < 1.29 is 29.3 Å². The fraction of sp³-hybridized carbons (Fsp3) is 0.500. The Morgan fingerprint density at radius 1 is 1.39 bits per heavy atom. The second-order valence-corrected chi connectivity index (χ2v) is 6.17. The van der Waals surface area contributed by atoms with Gasteiger partial charge in [0, 0.05) is 14.1 Å². The molecule has 4 atom stereocenters. The minimum Gasteiger partial charge on any atom is -0.439 e. The zero-order valence-corrected chi connectivity index (χ0v) is 15.7. The van der Waals surface area contributed by atoms with Gasteiger partial charge in [-0.3, -0.25) is 9.88 Å². The average molecular weight is 413 g/mol. The Morgan fingerprint density at radius 2 is 2.14 bits per heavy atom. The summed E-state index contributed by atoms with van der Waals surface area (Å²) in [4.78, 5) is 34.3. The summed E-state index contributed by atoms with van der Waals surface area (Å²) in [6.07, 6.45) is -4.14. The lowest BCUT2D eigenvalue weighted by Gasteiger charge is -2.21. The van der Waals surface area contributed by atoms with Crippen molar-refractivity contribution in [2.24, 2.45) is 0 Å². The largest absolute Gasteiger partial charge is 0.439 e. The summed E-state index contributed by atoms with van der Waals surface area (Å²) in [5, 5.41) is 27.1. The molecule has 6 N–H and O–H groups in total. The predicted octanol–water partition coefficient (Wildman–Crippen LogP) is -0.785. The van der Waals surface area contributed by atoms with Crippen LogP contribution in [0.5, 0.6) is 0 Å². The van der Waals surface area contributed by atoms with Crippen molar-refractivity contribution in [1.29, 1.82) is 0 Å². The molecule has 0 saturated carbocycles. The van der Waals surface area contributed by atoms with Crippen LogP contribution in [0.25, 0.3) is 11.2 Å². The fourth-order valence-corrected chi connectivity index (χ4v) is 3.12. The van der Waals surface area contributed by atoms with E-state index in [0.717, 1.165) is 0 Å². The first-order valence-electron chi connectivity index (χ1n) is 8.18. The Balaban J connectivity index is 2.07. The number of amides is 3. The second kappa shape index (κ2) is 8.05. The van der Waals surface area contributed by atoms with Gasteiger partial charge >= 0.3 is 12.1 Å². The van der Waals surface area contributed by atoms with E-state index in [4.69, 9.17) is 21.7 Å². The van der Waals surface area contributed by atoms with Gasteiger partial charge in [-0.15, -0.1) is 0 Å². The maximum Gasteiger partial charge on any atom is 0.407 e. The molecule has 1 fully saturated rings. The van der Waals surface area contributed by atoms with Crippen LogP contribution >= 0.6 is 12.2 Å². The van der Waals surface area contributed by atoms with Crippen molar-refractivity contribution in [3.8, 4) is 0 Å². The van der Waals surface area contributed by atoms with E-state index in [9.17, 15) is 19.8 Å². The molecular formula is C14H19N7O6S. The number of aliphatic hydroxyl groups is 2. The van der Waals surface area contributed by atoms with E-state index in [1.165, 1.54) is 25.0 Å². The number of hydrogen-bond acceptors (Lipinski definition) is 9. The molecule has 0 aliphatic carbocycles. The highest BCUT2D eigenvalue weighted by Gasteiger charge is 2.48. The van der Waals surface area contributed by atoms with Gasteiger partial charge in [-0.2, -0.15) is 0 Å². The minimum atomic E-state index is -1.30. The second-order valence-electron chi connectivity index (χ2n) is 5.78. The molecule has 3 heterocycles. The highest BCUT2D eigenvalue weighted by atomic mass is 32.1. The normalized spacial score (nSPS) is 24.1. The Labute approximate surface area is 163 Å². The predicted molar refractivity (Wildman–Crippen MR) is 97.1 cm³/mol. The van der Waals surface area contributed by atoms with E-state index in [2.05, 4.69) is 30.9 Å². The molecule has 28 heavy (non-hydrogen) atoms. The third-order valence-corrected chi connectivity index (χ3v) is 4.46. The van der Waals surface area contributed by atoms with Crippen molar-refractivity contribution in [2.45, 2.75) is 24.5 Å². The number of carbonyl (C=O) groups is 2. The number of hydrogen-bond donors (Lipinski definition) is 6. The summed E-state index contributed by atoms with van der Waals surface area (Å²) >= 11 is 5.33. The van der Waals surface area contributed by atoms with Crippen molar-refractivity contribution >= 4 is 41.3 Å². The monoisotopic (exact) mass is 413 g/mol. The lowest BCUT2D eigenvalue weighted by molar-refractivity contribution is -0.0534. The molecule has 3 rings (SSSR count). The topological polar surface area (TPSA) is 176 Å². The van der Waals surface area contributed by atoms with Crippen molar-refractivity contribution in [2.75, 3.05) is 26.0 Å². The molecule has 0 aromatic carbocycles. The number of aromatic amines is 1. The van der Waals surface area contributed by atoms with E-state index in [-0.39, 0.29) is 16.2 Å². The first kappa shape index (κ1) is 19.9. The number of aliphatic hydroxyl groups excluding tert-OH is 2. The Morgan fingerprint density at radius 3 is 2.79 bits per heavy atom. The lowest BCUT2D eigenvalue weighted by Crippen LogP contribution is -2.39. The van der Waals surface area contributed by atoms with Crippen LogP contribution in [0.4, 0.5) is 15.4 Å². The minimum absolute atomic E-state index is 0.122. The van der Waals surface area contributed by atoms with Gasteiger partial charge in [0.05, 0.1) is 6.61 Å². The third kappa shape index (κ3) is 3.49. The molecule has 2 aromatic heterocycles. The number of anilines is 1. The highest BCUT2D eigenvalue weighted by molar-refractivity contribution is 7.71. The molecule has 152 valence electrons. The van der Waals surface area contributed by atoms with E-state index < -0.39 is 43.3 Å². The number of H-pyrrole nitrogens is 1. The van der Waals surface area contributed by atoms with Crippen LogP contribution in [0.3, 0.4) is 0 Å². The Hall–Kier alpha value is -2.81. The van der Waals surface area contributed by atoms with Gasteiger partial charge in [0.15, 0.2) is 28.6 Å². The average Bonchev–Trinajstić information content (AvgIpc) is 3.18. The zero-order valence-electron chi connectivity index (χ0n) is 14.9. The molecule has 3 amide bonds. The lowest BCUT2D eigenvalue weighted by atomic mass is 10.1. The van der Waals surface area contributed by atoms with E-state index in [0.29, 0.717) is 5.52 Å². The summed E-state index contributed by atoms with van der Waals surface area (Å²) < 4.78 is 12.4. The van der Waals surface area contributed by atoms with Gasteiger partial charge < -0.3 is 35.3 Å². The molecule has 2 aromatic rings. The fourth-order valence-electron chi connectivity index (χ4n) is 2.82. The van der Waals surface area contributed by atoms with Gasteiger partial charge in [-0.1, -0.05) is 0 Å². The van der Waals surface area contributed by atoms with Crippen LogP contribution < -0.4 is 16.0 Å². The summed E-state index contributed by atoms with van der Waals surface area (Å²) in [5.74, 6) is 0.162. The number of carbonyl (C=O) groups excluding carboxylic acids is 2. The smallest absolute Gasteiger partial charge is 0.407 e. The van der Waals surface area contributed by atoms with Crippen LogP contribution in [0.1, 0.15) is 6.23 Å². The molecule has 0 radical (unpaired) electrons. The molecule has 13 nitrogen and oxygen atoms in total. The van der Waals surface area contributed by atoms with Gasteiger partial charge in [-0.25, -0.2) is 19.6 Å². The van der Waals surface area contributed by atoms with Crippen molar-refractivity contribution in [1.82, 2.24) is 30.2 Å².